The molecule has 1 aliphatic rings. The number of carbonyl (C=O) groups is 1. The van der Waals surface area contributed by atoms with Crippen molar-refractivity contribution in [3.05, 3.63) is 59.4 Å². The molecule has 1 atom stereocenters. The van der Waals surface area contributed by atoms with Crippen LogP contribution >= 0.6 is 11.6 Å². The molecule has 0 bridgehead atoms. The van der Waals surface area contributed by atoms with E-state index in [1.165, 1.54) is 24.3 Å². The van der Waals surface area contributed by atoms with Gasteiger partial charge in [0.15, 0.2) is 0 Å². The summed E-state index contributed by atoms with van der Waals surface area (Å²) >= 11 is 5.88. The maximum atomic E-state index is 12.4. The number of amides is 1. The van der Waals surface area contributed by atoms with Gasteiger partial charge in [-0.25, -0.2) is 0 Å². The van der Waals surface area contributed by atoms with Crippen LogP contribution in [-0.4, -0.2) is 29.0 Å². The third kappa shape index (κ3) is 4.34. The number of hydrogen-bond acceptors (Lipinski definition) is 5. The first-order valence-electron chi connectivity index (χ1n) is 8.54. The summed E-state index contributed by atoms with van der Waals surface area (Å²) in [5.74, 6) is -0.449. The molecule has 4 rings (SSSR count). The number of carbonyl (C=O) groups excluding carboxylic acids is 1. The minimum absolute atomic E-state index is 0.0994. The molecule has 6 nitrogen and oxygen atoms in total. The maximum Gasteiger partial charge on any atom is 0.573 e. The lowest BCUT2D eigenvalue weighted by Gasteiger charge is -2.15. The molecular formula is C19H13ClF3N3O3. The Hall–Kier alpha value is -3.07. The smallest absolute Gasteiger partial charge is 0.406 e. The molecule has 10 heteroatoms. The Bertz CT molecular complexity index is 1040. The lowest BCUT2D eigenvalue weighted by atomic mass is 10.1. The van der Waals surface area contributed by atoms with Crippen molar-refractivity contribution in [2.75, 3.05) is 11.4 Å². The summed E-state index contributed by atoms with van der Waals surface area (Å²) in [5, 5.41) is 4.40. The van der Waals surface area contributed by atoms with Crippen LogP contribution in [0.2, 0.25) is 5.02 Å². The Kier molecular flexibility index (Phi) is 4.91. The fraction of sp³-hybridized carbons (Fsp3) is 0.211. The molecule has 0 saturated carbocycles. The van der Waals surface area contributed by atoms with Crippen molar-refractivity contribution in [3.8, 4) is 17.1 Å². The second-order valence-electron chi connectivity index (χ2n) is 6.41. The Morgan fingerprint density at radius 2 is 1.93 bits per heavy atom. The van der Waals surface area contributed by atoms with E-state index >= 15 is 0 Å². The van der Waals surface area contributed by atoms with E-state index in [4.69, 9.17) is 16.1 Å². The number of benzene rings is 2. The highest BCUT2D eigenvalue weighted by molar-refractivity contribution is 6.30. The number of aromatic nitrogens is 2. The van der Waals surface area contributed by atoms with E-state index in [1.54, 1.807) is 29.2 Å². The van der Waals surface area contributed by atoms with Gasteiger partial charge in [0.25, 0.3) is 0 Å². The Morgan fingerprint density at radius 3 is 2.66 bits per heavy atom. The van der Waals surface area contributed by atoms with Gasteiger partial charge in [-0.1, -0.05) is 28.9 Å². The van der Waals surface area contributed by atoms with Gasteiger partial charge in [-0.2, -0.15) is 4.98 Å². The molecule has 1 unspecified atom stereocenters. The van der Waals surface area contributed by atoms with Gasteiger partial charge in [0.2, 0.25) is 17.6 Å². The van der Waals surface area contributed by atoms with Crippen molar-refractivity contribution in [2.24, 2.45) is 0 Å². The van der Waals surface area contributed by atoms with Crippen LogP contribution in [-0.2, 0) is 4.79 Å². The van der Waals surface area contributed by atoms with E-state index in [1.807, 2.05) is 0 Å². The Labute approximate surface area is 167 Å². The summed E-state index contributed by atoms with van der Waals surface area (Å²) in [6.07, 6.45) is -4.61. The summed E-state index contributed by atoms with van der Waals surface area (Å²) in [6, 6.07) is 12.2. The van der Waals surface area contributed by atoms with Gasteiger partial charge in [-0.3, -0.25) is 4.79 Å². The molecule has 150 valence electrons. The standard InChI is InChI=1S/C19H13ClF3N3O3/c20-13-4-6-14(7-5-13)26-10-12(9-16(26)27)18-24-17(25-29-18)11-2-1-3-15(8-11)28-19(21,22)23/h1-8,12H,9-10H2. The molecular weight excluding hydrogens is 411 g/mol. The molecule has 0 spiro atoms. The second-order valence-corrected chi connectivity index (χ2v) is 6.85. The van der Waals surface area contributed by atoms with Gasteiger partial charge in [0.05, 0.1) is 5.92 Å². The third-order valence-corrected chi connectivity index (χ3v) is 4.63. The zero-order chi connectivity index (χ0) is 20.6. The quantitative estimate of drug-likeness (QED) is 0.602. The molecule has 3 aromatic rings. The predicted octanol–water partition coefficient (Wildman–Crippen LogP) is 4.81. The zero-order valence-corrected chi connectivity index (χ0v) is 15.4. The van der Waals surface area contributed by atoms with Crippen LogP contribution in [0.15, 0.2) is 53.1 Å². The highest BCUT2D eigenvalue weighted by Crippen LogP contribution is 2.33. The fourth-order valence-corrected chi connectivity index (χ4v) is 3.22. The van der Waals surface area contributed by atoms with E-state index < -0.39 is 6.36 Å². The van der Waals surface area contributed by atoms with Crippen molar-refractivity contribution in [1.29, 1.82) is 0 Å². The van der Waals surface area contributed by atoms with E-state index in [0.29, 0.717) is 22.8 Å². The molecule has 1 fully saturated rings. The van der Waals surface area contributed by atoms with Crippen molar-refractivity contribution in [2.45, 2.75) is 18.7 Å². The predicted molar refractivity (Wildman–Crippen MR) is 97.6 cm³/mol. The van der Waals surface area contributed by atoms with Gasteiger partial charge >= 0.3 is 6.36 Å². The zero-order valence-electron chi connectivity index (χ0n) is 14.7. The third-order valence-electron chi connectivity index (χ3n) is 4.38. The van der Waals surface area contributed by atoms with Crippen LogP contribution in [0.4, 0.5) is 18.9 Å². The highest BCUT2D eigenvalue weighted by atomic mass is 35.5. The van der Waals surface area contributed by atoms with Crippen molar-refractivity contribution >= 4 is 23.2 Å². The lowest BCUT2D eigenvalue weighted by Crippen LogP contribution is -2.24. The largest absolute Gasteiger partial charge is 0.573 e. The molecule has 1 aliphatic heterocycles. The van der Waals surface area contributed by atoms with Crippen LogP contribution in [0, 0.1) is 0 Å². The highest BCUT2D eigenvalue weighted by Gasteiger charge is 2.35. The molecule has 1 aromatic heterocycles. The SMILES string of the molecule is O=C1CC(c2nc(-c3cccc(OC(F)(F)F)c3)no2)CN1c1ccc(Cl)cc1. The number of alkyl halides is 3. The number of halogens is 4. The lowest BCUT2D eigenvalue weighted by molar-refractivity contribution is -0.274. The average Bonchev–Trinajstić information content (AvgIpc) is 3.28. The van der Waals surface area contributed by atoms with E-state index in [0.717, 1.165) is 0 Å². The maximum absolute atomic E-state index is 12.4. The van der Waals surface area contributed by atoms with Crippen LogP contribution in [0.3, 0.4) is 0 Å². The molecule has 0 aliphatic carbocycles. The van der Waals surface area contributed by atoms with Crippen molar-refractivity contribution in [1.82, 2.24) is 10.1 Å². The van der Waals surface area contributed by atoms with Gasteiger partial charge in [0.1, 0.15) is 5.75 Å². The van der Waals surface area contributed by atoms with Gasteiger partial charge < -0.3 is 14.2 Å². The van der Waals surface area contributed by atoms with Gasteiger partial charge in [-0.05, 0) is 36.4 Å². The Balaban J connectivity index is 1.52. The summed E-state index contributed by atoms with van der Waals surface area (Å²) < 4.78 is 46.4. The first-order chi connectivity index (χ1) is 13.8. The molecule has 1 amide bonds. The molecule has 0 radical (unpaired) electrons. The number of nitrogens with zero attached hydrogens (tertiary/aromatic N) is 3. The Morgan fingerprint density at radius 1 is 1.17 bits per heavy atom. The number of rotatable bonds is 4. The molecule has 2 aromatic carbocycles. The van der Waals surface area contributed by atoms with Crippen LogP contribution in [0.1, 0.15) is 18.2 Å². The minimum Gasteiger partial charge on any atom is -0.406 e. The average molecular weight is 424 g/mol. The minimum atomic E-state index is -4.80. The summed E-state index contributed by atoms with van der Waals surface area (Å²) in [7, 11) is 0. The number of anilines is 1. The number of hydrogen-bond donors (Lipinski definition) is 0. The first kappa shape index (κ1) is 19.3. The first-order valence-corrected chi connectivity index (χ1v) is 8.92. The second kappa shape index (κ2) is 7.40. The van der Waals surface area contributed by atoms with Crippen molar-refractivity contribution in [3.63, 3.8) is 0 Å². The van der Waals surface area contributed by atoms with E-state index in [2.05, 4.69) is 14.9 Å². The molecule has 29 heavy (non-hydrogen) atoms. The number of ether oxygens (including phenoxy) is 1. The summed E-state index contributed by atoms with van der Waals surface area (Å²) in [6.45, 7) is 0.347. The van der Waals surface area contributed by atoms with Crippen molar-refractivity contribution < 1.29 is 27.2 Å². The molecule has 2 heterocycles. The van der Waals surface area contributed by atoms with Crippen LogP contribution < -0.4 is 9.64 Å². The molecule has 0 N–H and O–H groups in total. The van der Waals surface area contributed by atoms with Gasteiger partial charge in [-0.15, -0.1) is 13.2 Å². The summed E-state index contributed by atoms with van der Waals surface area (Å²) in [4.78, 5) is 18.2. The normalized spacial score (nSPS) is 17.0. The van der Waals surface area contributed by atoms with Crippen LogP contribution in [0.5, 0.6) is 5.75 Å². The van der Waals surface area contributed by atoms with E-state index in [9.17, 15) is 18.0 Å². The molecule has 1 saturated heterocycles. The summed E-state index contributed by atoms with van der Waals surface area (Å²) in [5.41, 5.74) is 1.01. The van der Waals surface area contributed by atoms with Gasteiger partial charge in [0, 0.05) is 29.2 Å². The topological polar surface area (TPSA) is 68.5 Å². The van der Waals surface area contributed by atoms with E-state index in [-0.39, 0.29) is 35.7 Å². The van der Waals surface area contributed by atoms with Crippen LogP contribution in [0.25, 0.3) is 11.4 Å². The fourth-order valence-electron chi connectivity index (χ4n) is 3.09. The monoisotopic (exact) mass is 423 g/mol.